The van der Waals surface area contributed by atoms with Gasteiger partial charge in [0.2, 0.25) is 0 Å². The fraction of sp³-hybridized carbons (Fsp3) is 0.385. The van der Waals surface area contributed by atoms with Gasteiger partial charge in [0.25, 0.3) is 0 Å². The number of rotatable bonds is 0. The van der Waals surface area contributed by atoms with Crippen molar-refractivity contribution in [3.05, 3.63) is 35.0 Å². The van der Waals surface area contributed by atoms with E-state index in [1.165, 1.54) is 11.2 Å². The van der Waals surface area contributed by atoms with Crippen LogP contribution in [0.25, 0.3) is 10.9 Å². The Morgan fingerprint density at radius 3 is 2.40 bits per heavy atom. The highest BCUT2D eigenvalue weighted by molar-refractivity contribution is 6.35. The average molecular weight is 222 g/mol. The lowest BCUT2D eigenvalue weighted by molar-refractivity contribution is 0.547. The largest absolute Gasteiger partial charge is 0.347 e. The fourth-order valence-electron chi connectivity index (χ4n) is 2.04. The van der Waals surface area contributed by atoms with Crippen molar-refractivity contribution < 1.29 is 0 Å². The molecule has 15 heavy (non-hydrogen) atoms. The Hall–Kier alpha value is -0.950. The summed E-state index contributed by atoms with van der Waals surface area (Å²) in [5, 5.41) is 1.98. The van der Waals surface area contributed by atoms with Crippen LogP contribution in [0, 0.1) is 0 Å². The van der Waals surface area contributed by atoms with Crippen LogP contribution in [-0.2, 0) is 12.5 Å². The zero-order valence-electron chi connectivity index (χ0n) is 9.63. The SMILES string of the molecule is Cn1c(C(C)(C)C)cc2c(Cl)cccc21. The van der Waals surface area contributed by atoms with E-state index in [1.807, 2.05) is 12.1 Å². The van der Waals surface area contributed by atoms with E-state index in [0.29, 0.717) is 0 Å². The van der Waals surface area contributed by atoms with Crippen LogP contribution in [0.1, 0.15) is 26.5 Å². The zero-order chi connectivity index (χ0) is 11.2. The van der Waals surface area contributed by atoms with Crippen molar-refractivity contribution >= 4 is 22.5 Å². The van der Waals surface area contributed by atoms with Crippen LogP contribution < -0.4 is 0 Å². The summed E-state index contributed by atoms with van der Waals surface area (Å²) in [6, 6.07) is 8.24. The lowest BCUT2D eigenvalue weighted by Gasteiger charge is -2.19. The molecule has 0 unspecified atom stereocenters. The second kappa shape index (κ2) is 3.28. The van der Waals surface area contributed by atoms with Gasteiger partial charge in [0, 0.05) is 34.1 Å². The zero-order valence-corrected chi connectivity index (χ0v) is 10.4. The van der Waals surface area contributed by atoms with Crippen LogP contribution in [0.5, 0.6) is 0 Å². The van der Waals surface area contributed by atoms with E-state index in [-0.39, 0.29) is 5.41 Å². The van der Waals surface area contributed by atoms with Crippen molar-refractivity contribution in [3.63, 3.8) is 0 Å². The number of benzene rings is 1. The molecule has 0 atom stereocenters. The van der Waals surface area contributed by atoms with Crippen molar-refractivity contribution in [1.82, 2.24) is 4.57 Å². The summed E-state index contributed by atoms with van der Waals surface area (Å²) in [4.78, 5) is 0. The Bertz CT molecular complexity index is 503. The highest BCUT2D eigenvalue weighted by Gasteiger charge is 2.19. The average Bonchev–Trinajstić information content (AvgIpc) is 2.45. The van der Waals surface area contributed by atoms with E-state index in [2.05, 4.69) is 44.5 Å². The van der Waals surface area contributed by atoms with Crippen molar-refractivity contribution in [3.8, 4) is 0 Å². The van der Waals surface area contributed by atoms with Gasteiger partial charge >= 0.3 is 0 Å². The van der Waals surface area contributed by atoms with Crippen molar-refractivity contribution in [2.45, 2.75) is 26.2 Å². The molecule has 0 radical (unpaired) electrons. The number of nitrogens with zero attached hydrogens (tertiary/aromatic N) is 1. The molecule has 1 aromatic heterocycles. The monoisotopic (exact) mass is 221 g/mol. The van der Waals surface area contributed by atoms with E-state index in [1.54, 1.807) is 0 Å². The molecule has 2 rings (SSSR count). The summed E-state index contributed by atoms with van der Waals surface area (Å²) >= 11 is 6.18. The van der Waals surface area contributed by atoms with Crippen LogP contribution >= 0.6 is 11.6 Å². The van der Waals surface area contributed by atoms with E-state index in [0.717, 1.165) is 10.4 Å². The van der Waals surface area contributed by atoms with E-state index < -0.39 is 0 Å². The number of aromatic nitrogens is 1. The molecule has 0 spiro atoms. The van der Waals surface area contributed by atoms with E-state index in [4.69, 9.17) is 11.6 Å². The second-order valence-corrected chi connectivity index (χ2v) is 5.42. The predicted octanol–water partition coefficient (Wildman–Crippen LogP) is 4.13. The number of halogens is 1. The normalized spacial score (nSPS) is 12.3. The maximum absolute atomic E-state index is 6.18. The summed E-state index contributed by atoms with van der Waals surface area (Å²) in [5.74, 6) is 0. The summed E-state index contributed by atoms with van der Waals surface area (Å²) in [6.07, 6.45) is 0. The highest BCUT2D eigenvalue weighted by Crippen LogP contribution is 2.31. The van der Waals surface area contributed by atoms with Gasteiger partial charge < -0.3 is 4.57 Å². The smallest absolute Gasteiger partial charge is 0.0499 e. The first kappa shape index (κ1) is 10.6. The third-order valence-corrected chi connectivity index (χ3v) is 3.13. The first-order valence-electron chi connectivity index (χ1n) is 5.15. The molecular formula is C13H16ClN. The van der Waals surface area contributed by atoms with Gasteiger partial charge in [-0.1, -0.05) is 38.4 Å². The number of hydrogen-bond donors (Lipinski definition) is 0. The molecule has 2 aromatic rings. The molecule has 80 valence electrons. The van der Waals surface area contributed by atoms with Crippen molar-refractivity contribution in [1.29, 1.82) is 0 Å². The highest BCUT2D eigenvalue weighted by atomic mass is 35.5. The molecule has 0 amide bonds. The molecule has 1 heterocycles. The van der Waals surface area contributed by atoms with E-state index >= 15 is 0 Å². The number of aryl methyl sites for hydroxylation is 1. The quantitative estimate of drug-likeness (QED) is 0.631. The van der Waals surface area contributed by atoms with Gasteiger partial charge in [0.1, 0.15) is 0 Å². The lowest BCUT2D eigenvalue weighted by Crippen LogP contribution is -2.15. The van der Waals surface area contributed by atoms with Crippen LogP contribution in [0.2, 0.25) is 5.02 Å². The molecule has 0 N–H and O–H groups in total. The molecule has 0 fully saturated rings. The van der Waals surface area contributed by atoms with Gasteiger partial charge in [-0.15, -0.1) is 0 Å². The summed E-state index contributed by atoms with van der Waals surface area (Å²) in [5.41, 5.74) is 2.66. The predicted molar refractivity (Wildman–Crippen MR) is 66.6 cm³/mol. The lowest BCUT2D eigenvalue weighted by atomic mass is 9.92. The fourth-order valence-corrected chi connectivity index (χ4v) is 2.27. The molecule has 2 heteroatoms. The maximum Gasteiger partial charge on any atom is 0.0499 e. The third kappa shape index (κ3) is 1.65. The standard InChI is InChI=1S/C13H16ClN/c1-13(2,3)12-8-9-10(14)6-5-7-11(9)15(12)4/h5-8H,1-4H3. The molecule has 0 saturated heterocycles. The van der Waals surface area contributed by atoms with Gasteiger partial charge in [-0.05, 0) is 18.2 Å². The molecule has 1 nitrogen and oxygen atoms in total. The summed E-state index contributed by atoms with van der Waals surface area (Å²) < 4.78 is 2.22. The Morgan fingerprint density at radius 1 is 1.20 bits per heavy atom. The van der Waals surface area contributed by atoms with Gasteiger partial charge in [-0.3, -0.25) is 0 Å². The Labute approximate surface area is 95.7 Å². The Morgan fingerprint density at radius 2 is 1.87 bits per heavy atom. The van der Waals surface area contributed by atoms with Gasteiger partial charge in [-0.2, -0.15) is 0 Å². The minimum absolute atomic E-state index is 0.150. The summed E-state index contributed by atoms with van der Waals surface area (Å²) in [6.45, 7) is 6.65. The summed E-state index contributed by atoms with van der Waals surface area (Å²) in [7, 11) is 2.10. The van der Waals surface area contributed by atoms with Crippen LogP contribution in [0.4, 0.5) is 0 Å². The third-order valence-electron chi connectivity index (χ3n) is 2.80. The molecule has 0 bridgehead atoms. The first-order valence-corrected chi connectivity index (χ1v) is 5.53. The first-order chi connectivity index (χ1) is 6.91. The second-order valence-electron chi connectivity index (χ2n) is 5.01. The van der Waals surface area contributed by atoms with Crippen LogP contribution in [-0.4, -0.2) is 4.57 Å². The minimum atomic E-state index is 0.150. The van der Waals surface area contributed by atoms with Crippen LogP contribution in [0.3, 0.4) is 0 Å². The van der Waals surface area contributed by atoms with Crippen LogP contribution in [0.15, 0.2) is 24.3 Å². The van der Waals surface area contributed by atoms with Gasteiger partial charge in [-0.25, -0.2) is 0 Å². The Kier molecular flexibility index (Phi) is 2.31. The Balaban J connectivity index is 2.81. The maximum atomic E-state index is 6.18. The van der Waals surface area contributed by atoms with Gasteiger partial charge in [0.15, 0.2) is 0 Å². The van der Waals surface area contributed by atoms with Gasteiger partial charge in [0.05, 0.1) is 0 Å². The number of hydrogen-bond acceptors (Lipinski definition) is 0. The van der Waals surface area contributed by atoms with Crippen molar-refractivity contribution in [2.75, 3.05) is 0 Å². The minimum Gasteiger partial charge on any atom is -0.347 e. The van der Waals surface area contributed by atoms with Crippen molar-refractivity contribution in [2.24, 2.45) is 7.05 Å². The van der Waals surface area contributed by atoms with E-state index in [9.17, 15) is 0 Å². The molecular weight excluding hydrogens is 206 g/mol. The molecule has 0 saturated carbocycles. The molecule has 0 aliphatic heterocycles. The topological polar surface area (TPSA) is 4.93 Å². The molecule has 0 aliphatic carbocycles. The molecule has 1 aromatic carbocycles. The number of fused-ring (bicyclic) bond motifs is 1. The molecule has 0 aliphatic rings.